The zero-order valence-electron chi connectivity index (χ0n) is 15.0. The Morgan fingerprint density at radius 1 is 0.966 bits per heavy atom. The first-order chi connectivity index (χ1) is 13.7. The predicted octanol–water partition coefficient (Wildman–Crippen LogP) is 3.97. The molecule has 148 valence electrons. The second-order valence-corrected chi connectivity index (χ2v) is 6.21. The standard InChI is InChI=1S/C20H14F3N3O3/c1-11(13-4-8-15(9-5-13)29-20(21,22)23)25-16-17(19(28)18(16)27)26-14-6-2-12(10-24)3-7-14/h2-9,11,25-26H,1H3/t11-/m1/s1. The highest BCUT2D eigenvalue weighted by molar-refractivity contribution is 5.79. The van der Waals surface area contributed by atoms with Crippen LogP contribution in [-0.2, 0) is 0 Å². The maximum atomic E-state index is 12.2. The maximum Gasteiger partial charge on any atom is 0.573 e. The summed E-state index contributed by atoms with van der Waals surface area (Å²) >= 11 is 0. The Morgan fingerprint density at radius 2 is 1.55 bits per heavy atom. The fourth-order valence-electron chi connectivity index (χ4n) is 2.68. The first-order valence-corrected chi connectivity index (χ1v) is 8.40. The number of benzene rings is 2. The van der Waals surface area contributed by atoms with Gasteiger partial charge in [0.1, 0.15) is 17.1 Å². The van der Waals surface area contributed by atoms with E-state index in [9.17, 15) is 22.8 Å². The van der Waals surface area contributed by atoms with Gasteiger partial charge in [-0.25, -0.2) is 0 Å². The van der Waals surface area contributed by atoms with Crippen molar-refractivity contribution >= 4 is 17.1 Å². The molecular formula is C20H14F3N3O3. The third-order valence-corrected chi connectivity index (χ3v) is 4.17. The van der Waals surface area contributed by atoms with Gasteiger partial charge < -0.3 is 15.4 Å². The van der Waals surface area contributed by atoms with Crippen molar-refractivity contribution in [2.75, 3.05) is 10.6 Å². The molecule has 0 aliphatic heterocycles. The normalized spacial score (nSPS) is 12.2. The lowest BCUT2D eigenvalue weighted by atomic mass is 10.1. The van der Waals surface area contributed by atoms with Crippen molar-refractivity contribution in [1.29, 1.82) is 5.26 Å². The third-order valence-electron chi connectivity index (χ3n) is 4.17. The Hall–Kier alpha value is -3.80. The zero-order valence-corrected chi connectivity index (χ0v) is 15.0. The molecule has 3 rings (SSSR count). The monoisotopic (exact) mass is 401 g/mol. The third kappa shape index (κ3) is 4.55. The summed E-state index contributed by atoms with van der Waals surface area (Å²) in [5.74, 6) is -0.356. The van der Waals surface area contributed by atoms with Crippen molar-refractivity contribution in [2.24, 2.45) is 0 Å². The first kappa shape index (κ1) is 19.9. The molecule has 0 saturated heterocycles. The molecular weight excluding hydrogens is 387 g/mol. The number of nitrogens with zero attached hydrogens (tertiary/aromatic N) is 1. The summed E-state index contributed by atoms with van der Waals surface area (Å²) in [7, 11) is 0. The van der Waals surface area contributed by atoms with Crippen LogP contribution in [0.4, 0.5) is 30.2 Å². The molecule has 0 unspecified atom stereocenters. The molecule has 0 spiro atoms. The van der Waals surface area contributed by atoms with Gasteiger partial charge in [-0.2, -0.15) is 5.26 Å². The Morgan fingerprint density at radius 3 is 2.10 bits per heavy atom. The highest BCUT2D eigenvalue weighted by Gasteiger charge is 2.31. The predicted molar refractivity (Wildman–Crippen MR) is 101 cm³/mol. The average Bonchev–Trinajstić information content (AvgIpc) is 2.70. The molecule has 3 aromatic carbocycles. The van der Waals surface area contributed by atoms with Gasteiger partial charge in [0, 0.05) is 11.7 Å². The number of anilines is 3. The molecule has 0 radical (unpaired) electrons. The molecule has 0 saturated carbocycles. The second kappa shape index (κ2) is 7.67. The lowest BCUT2D eigenvalue weighted by molar-refractivity contribution is -0.274. The van der Waals surface area contributed by atoms with Gasteiger partial charge in [-0.15, -0.1) is 13.2 Å². The van der Waals surface area contributed by atoms with Crippen molar-refractivity contribution in [3.05, 3.63) is 80.1 Å². The van der Waals surface area contributed by atoms with Gasteiger partial charge in [0.2, 0.25) is 0 Å². The summed E-state index contributed by atoms with van der Waals surface area (Å²) in [6.07, 6.45) is -4.78. The number of hydrogen-bond acceptors (Lipinski definition) is 6. The Bertz CT molecular complexity index is 1120. The smallest absolute Gasteiger partial charge is 0.406 e. The van der Waals surface area contributed by atoms with Crippen LogP contribution in [0.1, 0.15) is 24.1 Å². The number of nitriles is 1. The van der Waals surface area contributed by atoms with E-state index in [1.165, 1.54) is 24.3 Å². The van der Waals surface area contributed by atoms with Crippen LogP contribution in [0.2, 0.25) is 0 Å². The maximum absolute atomic E-state index is 12.2. The Kier molecular flexibility index (Phi) is 5.28. The van der Waals surface area contributed by atoms with E-state index in [4.69, 9.17) is 5.26 Å². The van der Waals surface area contributed by atoms with E-state index in [0.717, 1.165) is 0 Å². The molecule has 0 bridgehead atoms. The van der Waals surface area contributed by atoms with E-state index in [0.29, 0.717) is 16.8 Å². The summed E-state index contributed by atoms with van der Waals surface area (Å²) < 4.78 is 40.5. The van der Waals surface area contributed by atoms with Crippen molar-refractivity contribution < 1.29 is 17.9 Å². The molecule has 9 heteroatoms. The summed E-state index contributed by atoms with van der Waals surface area (Å²) in [6.45, 7) is 1.70. The topological polar surface area (TPSA) is 91.2 Å². The summed E-state index contributed by atoms with van der Waals surface area (Å²) in [5.41, 5.74) is 0.372. The summed E-state index contributed by atoms with van der Waals surface area (Å²) in [5, 5.41) is 14.6. The number of rotatable bonds is 6. The molecule has 6 nitrogen and oxygen atoms in total. The number of alkyl halides is 3. The van der Waals surface area contributed by atoms with E-state index < -0.39 is 23.3 Å². The van der Waals surface area contributed by atoms with E-state index in [1.807, 2.05) is 6.07 Å². The number of hydrogen-bond donors (Lipinski definition) is 2. The minimum absolute atomic E-state index is 0.0856. The van der Waals surface area contributed by atoms with Crippen LogP contribution in [-0.4, -0.2) is 6.36 Å². The van der Waals surface area contributed by atoms with Gasteiger partial charge in [-0.1, -0.05) is 12.1 Å². The molecule has 3 aromatic rings. The van der Waals surface area contributed by atoms with E-state index in [-0.39, 0.29) is 17.1 Å². The molecule has 0 fully saturated rings. The van der Waals surface area contributed by atoms with Crippen LogP contribution >= 0.6 is 0 Å². The van der Waals surface area contributed by atoms with E-state index >= 15 is 0 Å². The van der Waals surface area contributed by atoms with E-state index in [2.05, 4.69) is 15.4 Å². The van der Waals surface area contributed by atoms with Gasteiger partial charge in [0.15, 0.2) is 0 Å². The molecule has 0 heterocycles. The van der Waals surface area contributed by atoms with E-state index in [1.54, 1.807) is 31.2 Å². The minimum Gasteiger partial charge on any atom is -0.406 e. The molecule has 0 aliphatic rings. The van der Waals surface area contributed by atoms with Gasteiger partial charge in [-0.05, 0) is 48.9 Å². The van der Waals surface area contributed by atoms with Gasteiger partial charge >= 0.3 is 6.36 Å². The fraction of sp³-hybridized carbons (Fsp3) is 0.150. The fourth-order valence-corrected chi connectivity index (χ4v) is 2.68. The van der Waals surface area contributed by atoms with Crippen LogP contribution in [0.5, 0.6) is 5.75 Å². The first-order valence-electron chi connectivity index (χ1n) is 8.40. The van der Waals surface area contributed by atoms with Gasteiger partial charge in [0.05, 0.1) is 11.6 Å². The minimum atomic E-state index is -4.78. The van der Waals surface area contributed by atoms with Gasteiger partial charge in [0.25, 0.3) is 10.9 Å². The quantitative estimate of drug-likeness (QED) is 0.608. The van der Waals surface area contributed by atoms with Crippen LogP contribution < -0.4 is 26.2 Å². The highest BCUT2D eigenvalue weighted by atomic mass is 19.4. The molecule has 2 N–H and O–H groups in total. The lowest BCUT2D eigenvalue weighted by Crippen LogP contribution is -2.37. The van der Waals surface area contributed by atoms with Crippen molar-refractivity contribution in [3.8, 4) is 11.8 Å². The molecule has 29 heavy (non-hydrogen) atoms. The highest BCUT2D eigenvalue weighted by Crippen LogP contribution is 2.28. The molecule has 0 aliphatic carbocycles. The Balaban J connectivity index is 1.73. The van der Waals surface area contributed by atoms with Crippen molar-refractivity contribution in [1.82, 2.24) is 0 Å². The van der Waals surface area contributed by atoms with Crippen LogP contribution in [0.25, 0.3) is 0 Å². The molecule has 0 amide bonds. The summed E-state index contributed by atoms with van der Waals surface area (Å²) in [4.78, 5) is 23.9. The van der Waals surface area contributed by atoms with Crippen LogP contribution in [0.3, 0.4) is 0 Å². The van der Waals surface area contributed by atoms with Crippen molar-refractivity contribution in [3.63, 3.8) is 0 Å². The molecule has 1 atom stereocenters. The molecule has 0 aromatic heterocycles. The van der Waals surface area contributed by atoms with Crippen LogP contribution in [0, 0.1) is 11.3 Å². The number of ether oxygens (including phenoxy) is 1. The second-order valence-electron chi connectivity index (χ2n) is 6.21. The van der Waals surface area contributed by atoms with Gasteiger partial charge in [-0.3, -0.25) is 9.59 Å². The SMILES string of the molecule is C[C@@H](Nc1c(Nc2ccc(C#N)cc2)c(=O)c1=O)c1ccc(OC(F)(F)F)cc1. The largest absolute Gasteiger partial charge is 0.573 e. The number of nitrogens with one attached hydrogen (secondary N) is 2. The number of halogens is 3. The Labute approximate surface area is 162 Å². The van der Waals surface area contributed by atoms with Crippen molar-refractivity contribution in [2.45, 2.75) is 19.3 Å². The zero-order chi connectivity index (χ0) is 21.2. The lowest BCUT2D eigenvalue weighted by Gasteiger charge is -2.20. The summed E-state index contributed by atoms with van der Waals surface area (Å²) in [6, 6.07) is 13.0. The average molecular weight is 401 g/mol. The van der Waals surface area contributed by atoms with Crippen LogP contribution in [0.15, 0.2) is 58.1 Å².